The van der Waals surface area contributed by atoms with Gasteiger partial charge in [-0.2, -0.15) is 0 Å². The van der Waals surface area contributed by atoms with Gasteiger partial charge in [0.15, 0.2) is 0 Å². The molecule has 0 aromatic rings. The van der Waals surface area contributed by atoms with E-state index in [-0.39, 0.29) is 12.8 Å². The van der Waals surface area contributed by atoms with Crippen molar-refractivity contribution in [3.05, 3.63) is 0 Å². The third-order valence-electron chi connectivity index (χ3n) is 3.74. The number of carboxylic acid groups (broad SMARTS) is 2. The van der Waals surface area contributed by atoms with Gasteiger partial charge in [-0.15, -0.1) is 0 Å². The fourth-order valence-corrected chi connectivity index (χ4v) is 1.41. The molecule has 0 aliphatic rings. The lowest BCUT2D eigenvalue weighted by Crippen LogP contribution is -2.29. The standard InChI is InChI=1S/C9H17NO4.C7H16/c1-2-5-10(6-3-8(11)12)7-4-9(13)14;1-5-7(3,4)6-2/h2-7H2,1H3,(H,11,12)(H,13,14);5-6H2,1-4H3. The summed E-state index contributed by atoms with van der Waals surface area (Å²) in [4.78, 5) is 22.5. The van der Waals surface area contributed by atoms with Crippen LogP contribution < -0.4 is 0 Å². The van der Waals surface area contributed by atoms with E-state index >= 15 is 0 Å². The van der Waals surface area contributed by atoms with Crippen molar-refractivity contribution in [3.63, 3.8) is 0 Å². The van der Waals surface area contributed by atoms with Gasteiger partial charge < -0.3 is 15.1 Å². The minimum atomic E-state index is -0.846. The Morgan fingerprint density at radius 3 is 1.43 bits per heavy atom. The zero-order chi connectivity index (χ0) is 16.9. The van der Waals surface area contributed by atoms with Crippen molar-refractivity contribution in [1.29, 1.82) is 0 Å². The summed E-state index contributed by atoms with van der Waals surface area (Å²) in [7, 11) is 0. The van der Waals surface area contributed by atoms with Crippen molar-refractivity contribution in [2.24, 2.45) is 5.41 Å². The molecule has 0 saturated carbocycles. The van der Waals surface area contributed by atoms with Crippen LogP contribution in [0.4, 0.5) is 0 Å². The van der Waals surface area contributed by atoms with Crippen molar-refractivity contribution in [1.82, 2.24) is 4.90 Å². The first-order chi connectivity index (χ1) is 9.68. The zero-order valence-corrected chi connectivity index (χ0v) is 14.3. The normalized spacial score (nSPS) is 11.0. The van der Waals surface area contributed by atoms with Crippen molar-refractivity contribution < 1.29 is 19.8 Å². The third-order valence-corrected chi connectivity index (χ3v) is 3.74. The van der Waals surface area contributed by atoms with Crippen molar-refractivity contribution in [2.75, 3.05) is 19.6 Å². The summed E-state index contributed by atoms with van der Waals surface area (Å²) in [6.45, 7) is 12.7. The van der Waals surface area contributed by atoms with E-state index in [9.17, 15) is 9.59 Å². The van der Waals surface area contributed by atoms with Gasteiger partial charge >= 0.3 is 11.9 Å². The third kappa shape index (κ3) is 16.8. The summed E-state index contributed by atoms with van der Waals surface area (Å²) in [5.41, 5.74) is 0.583. The molecule has 0 spiro atoms. The Kier molecular flexibility index (Phi) is 13.3. The number of nitrogens with zero attached hydrogens (tertiary/aromatic N) is 1. The molecule has 0 aromatic carbocycles. The molecule has 21 heavy (non-hydrogen) atoms. The highest BCUT2D eigenvalue weighted by Gasteiger charge is 2.09. The molecule has 0 unspecified atom stereocenters. The molecule has 0 amide bonds. The molecule has 0 atom stereocenters. The van der Waals surface area contributed by atoms with Gasteiger partial charge in [0, 0.05) is 13.1 Å². The fraction of sp³-hybridized carbons (Fsp3) is 0.875. The molecular formula is C16H33NO4. The van der Waals surface area contributed by atoms with E-state index in [1.807, 2.05) is 11.8 Å². The fourth-order valence-electron chi connectivity index (χ4n) is 1.41. The van der Waals surface area contributed by atoms with E-state index in [4.69, 9.17) is 10.2 Å². The maximum atomic E-state index is 10.3. The van der Waals surface area contributed by atoms with E-state index < -0.39 is 11.9 Å². The first-order valence-electron chi connectivity index (χ1n) is 7.84. The lowest BCUT2D eigenvalue weighted by atomic mass is 9.88. The Labute approximate surface area is 129 Å². The Hall–Kier alpha value is -1.10. The van der Waals surface area contributed by atoms with Gasteiger partial charge in [0.25, 0.3) is 0 Å². The van der Waals surface area contributed by atoms with Gasteiger partial charge in [-0.1, -0.05) is 47.5 Å². The molecular weight excluding hydrogens is 270 g/mol. The molecule has 126 valence electrons. The monoisotopic (exact) mass is 303 g/mol. The second-order valence-corrected chi connectivity index (χ2v) is 6.00. The molecule has 0 aliphatic carbocycles. The molecule has 0 fully saturated rings. The second kappa shape index (κ2) is 12.6. The van der Waals surface area contributed by atoms with E-state index in [1.165, 1.54) is 12.8 Å². The van der Waals surface area contributed by atoms with Crippen LogP contribution in [0.1, 0.15) is 66.7 Å². The summed E-state index contributed by atoms with van der Waals surface area (Å²) in [5, 5.41) is 16.9. The van der Waals surface area contributed by atoms with E-state index in [0.29, 0.717) is 18.5 Å². The quantitative estimate of drug-likeness (QED) is 0.646. The van der Waals surface area contributed by atoms with Crippen molar-refractivity contribution in [3.8, 4) is 0 Å². The lowest BCUT2D eigenvalue weighted by molar-refractivity contribution is -0.137. The van der Waals surface area contributed by atoms with E-state index in [0.717, 1.165) is 13.0 Å². The van der Waals surface area contributed by atoms with E-state index in [1.54, 1.807) is 0 Å². The zero-order valence-electron chi connectivity index (χ0n) is 14.3. The number of hydrogen-bond acceptors (Lipinski definition) is 3. The second-order valence-electron chi connectivity index (χ2n) is 6.00. The SMILES string of the molecule is CCC(C)(C)CC.CCCN(CCC(=O)O)CCC(=O)O. The van der Waals surface area contributed by atoms with Gasteiger partial charge in [-0.05, 0) is 18.4 Å². The van der Waals surface area contributed by atoms with Gasteiger partial charge in [0.05, 0.1) is 12.8 Å². The Morgan fingerprint density at radius 2 is 1.24 bits per heavy atom. The number of carbonyl (C=O) groups is 2. The molecule has 5 nitrogen and oxygen atoms in total. The molecule has 2 N–H and O–H groups in total. The number of aliphatic carboxylic acids is 2. The highest BCUT2D eigenvalue weighted by molar-refractivity contribution is 5.67. The predicted molar refractivity (Wildman–Crippen MR) is 85.6 cm³/mol. The minimum Gasteiger partial charge on any atom is -0.481 e. The lowest BCUT2D eigenvalue weighted by Gasteiger charge is -2.19. The average molecular weight is 303 g/mol. The molecule has 0 rings (SSSR count). The van der Waals surface area contributed by atoms with Crippen LogP contribution in [0.3, 0.4) is 0 Å². The first kappa shape index (κ1) is 22.2. The highest BCUT2D eigenvalue weighted by Crippen LogP contribution is 2.22. The van der Waals surface area contributed by atoms with Crippen LogP contribution in [0.15, 0.2) is 0 Å². The Balaban J connectivity index is 0. The summed E-state index contributed by atoms with van der Waals surface area (Å²) in [6, 6.07) is 0. The van der Waals surface area contributed by atoms with E-state index in [2.05, 4.69) is 27.7 Å². The summed E-state index contributed by atoms with van der Waals surface area (Å²) >= 11 is 0. The number of rotatable bonds is 10. The summed E-state index contributed by atoms with van der Waals surface area (Å²) in [6.07, 6.45) is 3.63. The van der Waals surface area contributed by atoms with Crippen LogP contribution in [0.5, 0.6) is 0 Å². The average Bonchev–Trinajstić information content (AvgIpc) is 2.42. The van der Waals surface area contributed by atoms with Crippen LogP contribution in [0, 0.1) is 5.41 Å². The van der Waals surface area contributed by atoms with Crippen LogP contribution >= 0.6 is 0 Å². The predicted octanol–water partition coefficient (Wildman–Crippen LogP) is 3.48. The molecule has 0 aromatic heterocycles. The first-order valence-corrected chi connectivity index (χ1v) is 7.84. The highest BCUT2D eigenvalue weighted by atomic mass is 16.4. The molecule has 0 radical (unpaired) electrons. The Morgan fingerprint density at radius 1 is 0.857 bits per heavy atom. The molecule has 0 heterocycles. The van der Waals surface area contributed by atoms with Gasteiger partial charge in [-0.25, -0.2) is 0 Å². The van der Waals surface area contributed by atoms with Crippen LogP contribution in [0.2, 0.25) is 0 Å². The van der Waals surface area contributed by atoms with Crippen molar-refractivity contribution in [2.45, 2.75) is 66.7 Å². The smallest absolute Gasteiger partial charge is 0.304 e. The largest absolute Gasteiger partial charge is 0.481 e. The Bertz CT molecular complexity index is 266. The summed E-state index contributed by atoms with van der Waals surface area (Å²) in [5.74, 6) is -1.69. The van der Waals surface area contributed by atoms with Crippen LogP contribution in [-0.2, 0) is 9.59 Å². The van der Waals surface area contributed by atoms with Crippen LogP contribution in [-0.4, -0.2) is 46.7 Å². The molecule has 5 heteroatoms. The van der Waals surface area contributed by atoms with Gasteiger partial charge in [0.1, 0.15) is 0 Å². The maximum absolute atomic E-state index is 10.3. The number of hydrogen-bond donors (Lipinski definition) is 2. The van der Waals surface area contributed by atoms with Crippen molar-refractivity contribution >= 4 is 11.9 Å². The molecule has 0 bridgehead atoms. The number of carboxylic acids is 2. The van der Waals surface area contributed by atoms with Gasteiger partial charge in [0.2, 0.25) is 0 Å². The van der Waals surface area contributed by atoms with Crippen LogP contribution in [0.25, 0.3) is 0 Å². The summed E-state index contributed by atoms with van der Waals surface area (Å²) < 4.78 is 0. The maximum Gasteiger partial charge on any atom is 0.304 e. The molecule has 0 saturated heterocycles. The van der Waals surface area contributed by atoms with Gasteiger partial charge in [-0.3, -0.25) is 9.59 Å². The molecule has 0 aliphatic heterocycles. The minimum absolute atomic E-state index is 0.0691. The topological polar surface area (TPSA) is 77.8 Å².